The zero-order valence-corrected chi connectivity index (χ0v) is 18.7. The molecule has 1 N–H and O–H groups in total. The van der Waals surface area contributed by atoms with Gasteiger partial charge in [-0.05, 0) is 30.2 Å². The number of nitrogens with one attached hydrogen (secondary N) is 1. The van der Waals surface area contributed by atoms with Crippen molar-refractivity contribution in [1.29, 1.82) is 0 Å². The third-order valence-electron chi connectivity index (χ3n) is 5.46. The highest BCUT2D eigenvalue weighted by Gasteiger charge is 2.26. The molecule has 0 spiro atoms. The number of benzene rings is 2. The van der Waals surface area contributed by atoms with Crippen LogP contribution in [0.15, 0.2) is 54.6 Å². The van der Waals surface area contributed by atoms with Gasteiger partial charge in [-0.25, -0.2) is 0 Å². The number of carbonyl (C=O) groups excluding carboxylic acids is 2. The third kappa shape index (κ3) is 7.35. The minimum Gasteiger partial charge on any atom is -0.379 e. The Labute approximate surface area is 189 Å². The van der Waals surface area contributed by atoms with Crippen LogP contribution in [0.3, 0.4) is 0 Å². The van der Waals surface area contributed by atoms with E-state index >= 15 is 0 Å². The Morgan fingerprint density at radius 2 is 1.74 bits per heavy atom. The van der Waals surface area contributed by atoms with Gasteiger partial charge < -0.3 is 15.0 Å². The van der Waals surface area contributed by atoms with Crippen molar-refractivity contribution >= 4 is 23.4 Å². The standard InChI is InChI=1S/C24H30ClN3O3/c1-19(24(30)26-11-12-27-13-15-31-16-14-27)28(18-21-5-3-2-4-6-21)23(29)17-20-7-9-22(25)10-8-20/h2-10,19H,11-18H2,1H3,(H,26,30)/t19-/m1/s1. The average Bonchev–Trinajstić information content (AvgIpc) is 2.80. The summed E-state index contributed by atoms with van der Waals surface area (Å²) in [6.07, 6.45) is 0.218. The molecular formula is C24H30ClN3O3. The van der Waals surface area contributed by atoms with Crippen molar-refractivity contribution in [2.24, 2.45) is 0 Å². The molecule has 1 fully saturated rings. The molecule has 1 aliphatic rings. The zero-order chi connectivity index (χ0) is 22.1. The second-order valence-corrected chi connectivity index (χ2v) is 8.17. The normalized spacial score (nSPS) is 15.3. The van der Waals surface area contributed by atoms with Crippen molar-refractivity contribution in [3.8, 4) is 0 Å². The van der Waals surface area contributed by atoms with Crippen LogP contribution >= 0.6 is 11.6 Å². The number of ether oxygens (including phenoxy) is 1. The number of halogens is 1. The summed E-state index contributed by atoms with van der Waals surface area (Å²) in [5.74, 6) is -0.240. The van der Waals surface area contributed by atoms with Crippen LogP contribution in [0.2, 0.25) is 5.02 Å². The summed E-state index contributed by atoms with van der Waals surface area (Å²) in [4.78, 5) is 29.9. The summed E-state index contributed by atoms with van der Waals surface area (Å²) < 4.78 is 5.35. The summed E-state index contributed by atoms with van der Waals surface area (Å²) >= 11 is 5.96. The van der Waals surface area contributed by atoms with E-state index in [2.05, 4.69) is 10.2 Å². The molecular weight excluding hydrogens is 414 g/mol. The van der Waals surface area contributed by atoms with Crippen molar-refractivity contribution in [3.05, 3.63) is 70.7 Å². The van der Waals surface area contributed by atoms with E-state index in [-0.39, 0.29) is 18.2 Å². The molecule has 2 amide bonds. The molecule has 0 aromatic heterocycles. The molecule has 0 unspecified atom stereocenters. The lowest BCUT2D eigenvalue weighted by molar-refractivity contribution is -0.140. The second-order valence-electron chi connectivity index (χ2n) is 7.73. The molecule has 0 aliphatic carbocycles. The van der Waals surface area contributed by atoms with Crippen LogP contribution < -0.4 is 5.32 Å². The summed E-state index contributed by atoms with van der Waals surface area (Å²) in [6, 6.07) is 16.4. The molecule has 2 aromatic rings. The van der Waals surface area contributed by atoms with Gasteiger partial charge in [-0.2, -0.15) is 0 Å². The van der Waals surface area contributed by atoms with Gasteiger partial charge in [-0.1, -0.05) is 54.1 Å². The summed E-state index contributed by atoms with van der Waals surface area (Å²) in [6.45, 7) is 6.71. The number of rotatable bonds is 9. The van der Waals surface area contributed by atoms with Gasteiger partial charge in [0.25, 0.3) is 0 Å². The smallest absolute Gasteiger partial charge is 0.242 e. The van der Waals surface area contributed by atoms with Crippen LogP contribution in [0.4, 0.5) is 0 Å². The van der Waals surface area contributed by atoms with Gasteiger partial charge in [0.1, 0.15) is 6.04 Å². The average molecular weight is 444 g/mol. The molecule has 0 saturated carbocycles. The van der Waals surface area contributed by atoms with Gasteiger partial charge in [0.15, 0.2) is 0 Å². The van der Waals surface area contributed by atoms with Gasteiger partial charge >= 0.3 is 0 Å². The van der Waals surface area contributed by atoms with E-state index in [1.54, 1.807) is 24.0 Å². The number of nitrogens with zero attached hydrogens (tertiary/aromatic N) is 2. The maximum absolute atomic E-state index is 13.2. The molecule has 6 nitrogen and oxygen atoms in total. The highest BCUT2D eigenvalue weighted by Crippen LogP contribution is 2.14. The Hall–Kier alpha value is -2.41. The topological polar surface area (TPSA) is 61.9 Å². The van der Waals surface area contributed by atoms with Gasteiger partial charge in [0.2, 0.25) is 11.8 Å². The molecule has 7 heteroatoms. The second kappa shape index (κ2) is 11.8. The maximum Gasteiger partial charge on any atom is 0.242 e. The predicted octanol–water partition coefficient (Wildman–Crippen LogP) is 2.75. The summed E-state index contributed by atoms with van der Waals surface area (Å²) in [7, 11) is 0. The van der Waals surface area contributed by atoms with E-state index in [1.807, 2.05) is 42.5 Å². The number of hydrogen-bond donors (Lipinski definition) is 1. The first-order valence-corrected chi connectivity index (χ1v) is 11.1. The Morgan fingerprint density at radius 1 is 1.06 bits per heavy atom. The van der Waals surface area contributed by atoms with E-state index in [9.17, 15) is 9.59 Å². The largest absolute Gasteiger partial charge is 0.379 e. The molecule has 31 heavy (non-hydrogen) atoms. The first-order valence-electron chi connectivity index (χ1n) is 10.7. The van der Waals surface area contributed by atoms with Crippen molar-refractivity contribution < 1.29 is 14.3 Å². The monoisotopic (exact) mass is 443 g/mol. The summed E-state index contributed by atoms with van der Waals surface area (Å²) in [5, 5.41) is 3.62. The summed E-state index contributed by atoms with van der Waals surface area (Å²) in [5.41, 5.74) is 1.85. The maximum atomic E-state index is 13.2. The molecule has 1 saturated heterocycles. The van der Waals surface area contributed by atoms with Crippen LogP contribution in [0.1, 0.15) is 18.1 Å². The van der Waals surface area contributed by atoms with Gasteiger partial charge in [0.05, 0.1) is 19.6 Å². The lowest BCUT2D eigenvalue weighted by Gasteiger charge is -2.30. The minimum absolute atomic E-state index is 0.0954. The van der Waals surface area contributed by atoms with Gasteiger partial charge in [0, 0.05) is 37.7 Å². The Bertz CT molecular complexity index is 839. The van der Waals surface area contributed by atoms with Gasteiger partial charge in [-0.15, -0.1) is 0 Å². The van der Waals surface area contributed by atoms with Crippen molar-refractivity contribution in [3.63, 3.8) is 0 Å². The highest BCUT2D eigenvalue weighted by molar-refractivity contribution is 6.30. The number of hydrogen-bond acceptors (Lipinski definition) is 4. The molecule has 1 atom stereocenters. The molecule has 0 bridgehead atoms. The molecule has 1 aliphatic heterocycles. The number of amides is 2. The Morgan fingerprint density at radius 3 is 2.42 bits per heavy atom. The number of morpholine rings is 1. The number of carbonyl (C=O) groups is 2. The molecule has 1 heterocycles. The van der Waals surface area contributed by atoms with E-state index in [0.29, 0.717) is 18.1 Å². The third-order valence-corrected chi connectivity index (χ3v) is 5.71. The molecule has 3 rings (SSSR count). The first kappa shape index (κ1) is 23.3. The fourth-order valence-corrected chi connectivity index (χ4v) is 3.68. The lowest BCUT2D eigenvalue weighted by Crippen LogP contribution is -2.49. The lowest BCUT2D eigenvalue weighted by atomic mass is 10.1. The Balaban J connectivity index is 1.63. The van der Waals surface area contributed by atoms with Crippen LogP contribution in [-0.2, 0) is 27.3 Å². The zero-order valence-electron chi connectivity index (χ0n) is 17.9. The van der Waals surface area contributed by atoms with E-state index in [0.717, 1.165) is 44.0 Å². The SMILES string of the molecule is C[C@H](C(=O)NCCN1CCOCC1)N(Cc1ccccc1)C(=O)Cc1ccc(Cl)cc1. The fraction of sp³-hybridized carbons (Fsp3) is 0.417. The van der Waals surface area contributed by atoms with E-state index < -0.39 is 6.04 Å². The quantitative estimate of drug-likeness (QED) is 0.647. The Kier molecular flexibility index (Phi) is 8.88. The molecule has 166 valence electrons. The highest BCUT2D eigenvalue weighted by atomic mass is 35.5. The minimum atomic E-state index is -0.579. The van der Waals surface area contributed by atoms with Crippen LogP contribution in [0, 0.1) is 0 Å². The molecule has 0 radical (unpaired) electrons. The van der Waals surface area contributed by atoms with Crippen LogP contribution in [0.5, 0.6) is 0 Å². The van der Waals surface area contributed by atoms with E-state index in [4.69, 9.17) is 16.3 Å². The van der Waals surface area contributed by atoms with E-state index in [1.165, 1.54) is 0 Å². The van der Waals surface area contributed by atoms with Crippen molar-refractivity contribution in [2.75, 3.05) is 39.4 Å². The fourth-order valence-electron chi connectivity index (χ4n) is 3.55. The molecule has 2 aromatic carbocycles. The van der Waals surface area contributed by atoms with Gasteiger partial charge in [-0.3, -0.25) is 14.5 Å². The van der Waals surface area contributed by atoms with Crippen molar-refractivity contribution in [2.45, 2.75) is 25.9 Å². The van der Waals surface area contributed by atoms with Crippen molar-refractivity contribution in [1.82, 2.24) is 15.1 Å². The van der Waals surface area contributed by atoms with Crippen LogP contribution in [-0.4, -0.2) is 67.0 Å². The van der Waals surface area contributed by atoms with Crippen LogP contribution in [0.25, 0.3) is 0 Å². The predicted molar refractivity (Wildman–Crippen MR) is 122 cm³/mol. The first-order chi connectivity index (χ1) is 15.0.